The first-order valence-corrected chi connectivity index (χ1v) is 7.19. The third-order valence-electron chi connectivity index (χ3n) is 2.92. The second-order valence-corrected chi connectivity index (χ2v) is 5.74. The Hall–Kier alpha value is -1.52. The summed E-state index contributed by atoms with van der Waals surface area (Å²) in [6.45, 7) is 1.97. The molecule has 20 heavy (non-hydrogen) atoms. The first kappa shape index (κ1) is 14.9. The highest BCUT2D eigenvalue weighted by Gasteiger charge is 2.11. The Morgan fingerprint density at radius 2 is 2.05 bits per heavy atom. The fourth-order valence-electron chi connectivity index (χ4n) is 1.92. The van der Waals surface area contributed by atoms with E-state index in [9.17, 15) is 4.79 Å². The maximum absolute atomic E-state index is 10.9. The molecule has 0 fully saturated rings. The molecule has 0 bridgehead atoms. The SMILES string of the molecule is CC(Nc1cccc(C(=O)O)c1)c1ccc(Br)cc1Cl. The van der Waals surface area contributed by atoms with Crippen LogP contribution in [0.1, 0.15) is 28.9 Å². The fourth-order valence-corrected chi connectivity index (χ4v) is 2.76. The summed E-state index contributed by atoms with van der Waals surface area (Å²) in [7, 11) is 0. The van der Waals surface area contributed by atoms with E-state index in [4.69, 9.17) is 16.7 Å². The molecule has 0 amide bonds. The molecule has 2 rings (SSSR count). The van der Waals surface area contributed by atoms with Crippen molar-refractivity contribution in [2.75, 3.05) is 5.32 Å². The van der Waals surface area contributed by atoms with Gasteiger partial charge in [0.15, 0.2) is 0 Å². The summed E-state index contributed by atoms with van der Waals surface area (Å²) in [4.78, 5) is 10.9. The third-order valence-corrected chi connectivity index (χ3v) is 3.74. The van der Waals surface area contributed by atoms with Crippen molar-refractivity contribution in [1.82, 2.24) is 0 Å². The average molecular weight is 355 g/mol. The number of hydrogen-bond donors (Lipinski definition) is 2. The van der Waals surface area contributed by atoms with Crippen LogP contribution in [0.3, 0.4) is 0 Å². The molecule has 0 aliphatic carbocycles. The largest absolute Gasteiger partial charge is 0.478 e. The maximum atomic E-state index is 10.9. The Bertz CT molecular complexity index is 646. The van der Waals surface area contributed by atoms with Crippen molar-refractivity contribution in [3.63, 3.8) is 0 Å². The lowest BCUT2D eigenvalue weighted by Gasteiger charge is -2.17. The Kier molecular flexibility index (Phi) is 4.68. The minimum Gasteiger partial charge on any atom is -0.478 e. The van der Waals surface area contributed by atoms with Crippen LogP contribution in [0.4, 0.5) is 5.69 Å². The van der Waals surface area contributed by atoms with Crippen LogP contribution in [-0.4, -0.2) is 11.1 Å². The number of halogens is 2. The molecule has 0 saturated carbocycles. The van der Waals surface area contributed by atoms with Crippen LogP contribution in [-0.2, 0) is 0 Å². The van der Waals surface area contributed by atoms with Crippen LogP contribution in [0.2, 0.25) is 5.02 Å². The van der Waals surface area contributed by atoms with Gasteiger partial charge in [0.2, 0.25) is 0 Å². The number of hydrogen-bond acceptors (Lipinski definition) is 2. The Balaban J connectivity index is 2.21. The van der Waals surface area contributed by atoms with Gasteiger partial charge in [-0.3, -0.25) is 0 Å². The molecule has 0 aliphatic rings. The van der Waals surface area contributed by atoms with E-state index in [0.29, 0.717) is 5.02 Å². The van der Waals surface area contributed by atoms with Gasteiger partial charge in [-0.2, -0.15) is 0 Å². The standard InChI is InChI=1S/C15H13BrClNO2/c1-9(13-6-5-11(16)8-14(13)17)18-12-4-2-3-10(7-12)15(19)20/h2-9,18H,1H3,(H,19,20). The van der Waals surface area contributed by atoms with E-state index in [1.54, 1.807) is 18.2 Å². The molecule has 0 heterocycles. The monoisotopic (exact) mass is 353 g/mol. The van der Waals surface area contributed by atoms with Crippen LogP contribution < -0.4 is 5.32 Å². The van der Waals surface area contributed by atoms with E-state index < -0.39 is 5.97 Å². The van der Waals surface area contributed by atoms with E-state index in [0.717, 1.165) is 15.7 Å². The summed E-state index contributed by atoms with van der Waals surface area (Å²) in [5.74, 6) is -0.942. The van der Waals surface area contributed by atoms with Crippen molar-refractivity contribution in [2.45, 2.75) is 13.0 Å². The number of benzene rings is 2. The van der Waals surface area contributed by atoms with Gasteiger partial charge >= 0.3 is 5.97 Å². The van der Waals surface area contributed by atoms with Crippen LogP contribution in [0.15, 0.2) is 46.9 Å². The highest BCUT2D eigenvalue weighted by Crippen LogP contribution is 2.28. The van der Waals surface area contributed by atoms with Crippen LogP contribution >= 0.6 is 27.5 Å². The molecular formula is C15H13BrClNO2. The summed E-state index contributed by atoms with van der Waals surface area (Å²) in [5, 5.41) is 12.9. The van der Waals surface area contributed by atoms with Gasteiger partial charge in [-0.1, -0.05) is 39.7 Å². The predicted octanol–water partition coefficient (Wildman–Crippen LogP) is 4.97. The van der Waals surface area contributed by atoms with Crippen LogP contribution in [0, 0.1) is 0 Å². The molecule has 0 aromatic heterocycles. The smallest absolute Gasteiger partial charge is 0.335 e. The zero-order valence-electron chi connectivity index (χ0n) is 10.7. The summed E-state index contributed by atoms with van der Waals surface area (Å²) in [6, 6.07) is 12.4. The zero-order valence-corrected chi connectivity index (χ0v) is 13.1. The molecule has 0 aliphatic heterocycles. The maximum Gasteiger partial charge on any atom is 0.335 e. The van der Waals surface area contributed by atoms with E-state index in [-0.39, 0.29) is 11.6 Å². The molecule has 2 N–H and O–H groups in total. The molecule has 5 heteroatoms. The molecule has 2 aromatic rings. The van der Waals surface area contributed by atoms with Crippen LogP contribution in [0.25, 0.3) is 0 Å². The number of carbonyl (C=O) groups is 1. The first-order chi connectivity index (χ1) is 9.47. The second-order valence-electron chi connectivity index (χ2n) is 4.42. The van der Waals surface area contributed by atoms with Crippen LogP contribution in [0.5, 0.6) is 0 Å². The zero-order chi connectivity index (χ0) is 14.7. The van der Waals surface area contributed by atoms with Crippen molar-refractivity contribution in [3.8, 4) is 0 Å². The van der Waals surface area contributed by atoms with Gasteiger partial charge in [-0.05, 0) is 42.8 Å². The van der Waals surface area contributed by atoms with E-state index in [1.165, 1.54) is 0 Å². The van der Waals surface area contributed by atoms with Gasteiger partial charge in [-0.15, -0.1) is 0 Å². The number of anilines is 1. The molecule has 2 aromatic carbocycles. The summed E-state index contributed by atoms with van der Waals surface area (Å²) in [6.07, 6.45) is 0. The van der Waals surface area contributed by atoms with E-state index in [2.05, 4.69) is 21.2 Å². The Morgan fingerprint density at radius 3 is 2.70 bits per heavy atom. The summed E-state index contributed by atoms with van der Waals surface area (Å²) >= 11 is 9.58. The first-order valence-electron chi connectivity index (χ1n) is 6.02. The number of carboxylic acids is 1. The van der Waals surface area contributed by atoms with Gasteiger partial charge < -0.3 is 10.4 Å². The highest BCUT2D eigenvalue weighted by atomic mass is 79.9. The Morgan fingerprint density at radius 1 is 1.30 bits per heavy atom. The number of carboxylic acid groups (broad SMARTS) is 1. The molecule has 0 spiro atoms. The molecule has 0 radical (unpaired) electrons. The van der Waals surface area contributed by atoms with Gasteiger partial charge in [0.05, 0.1) is 5.56 Å². The normalized spacial score (nSPS) is 11.9. The number of nitrogens with one attached hydrogen (secondary N) is 1. The lowest BCUT2D eigenvalue weighted by molar-refractivity contribution is 0.0697. The minimum atomic E-state index is -0.942. The third kappa shape index (κ3) is 3.52. The molecule has 1 unspecified atom stereocenters. The molecule has 3 nitrogen and oxygen atoms in total. The van der Waals surface area contributed by atoms with Crippen molar-refractivity contribution in [1.29, 1.82) is 0 Å². The number of rotatable bonds is 4. The van der Waals surface area contributed by atoms with Crippen molar-refractivity contribution in [3.05, 3.63) is 63.1 Å². The molecule has 1 atom stereocenters. The fraction of sp³-hybridized carbons (Fsp3) is 0.133. The lowest BCUT2D eigenvalue weighted by Crippen LogP contribution is -2.08. The van der Waals surface area contributed by atoms with E-state index >= 15 is 0 Å². The van der Waals surface area contributed by atoms with Gasteiger partial charge in [0, 0.05) is 21.2 Å². The lowest BCUT2D eigenvalue weighted by atomic mass is 10.1. The van der Waals surface area contributed by atoms with Crippen molar-refractivity contribution < 1.29 is 9.90 Å². The second kappa shape index (κ2) is 6.29. The van der Waals surface area contributed by atoms with Gasteiger partial charge in [-0.25, -0.2) is 4.79 Å². The molecule has 104 valence electrons. The summed E-state index contributed by atoms with van der Waals surface area (Å²) in [5.41, 5.74) is 1.95. The molecule has 0 saturated heterocycles. The van der Waals surface area contributed by atoms with Crippen molar-refractivity contribution >= 4 is 39.2 Å². The highest BCUT2D eigenvalue weighted by molar-refractivity contribution is 9.10. The number of aromatic carboxylic acids is 1. The topological polar surface area (TPSA) is 49.3 Å². The Labute approximate surface area is 130 Å². The predicted molar refractivity (Wildman–Crippen MR) is 84.6 cm³/mol. The van der Waals surface area contributed by atoms with Gasteiger partial charge in [0.1, 0.15) is 0 Å². The average Bonchev–Trinajstić information content (AvgIpc) is 2.38. The quantitative estimate of drug-likeness (QED) is 0.814. The minimum absolute atomic E-state index is 0.0281. The van der Waals surface area contributed by atoms with Crippen molar-refractivity contribution in [2.24, 2.45) is 0 Å². The summed E-state index contributed by atoms with van der Waals surface area (Å²) < 4.78 is 0.923. The molecular weight excluding hydrogens is 342 g/mol. The van der Waals surface area contributed by atoms with Gasteiger partial charge in [0.25, 0.3) is 0 Å². The van der Waals surface area contributed by atoms with E-state index in [1.807, 2.05) is 31.2 Å².